The van der Waals surface area contributed by atoms with Gasteiger partial charge in [0.15, 0.2) is 17.6 Å². The molecular weight excluding hydrogens is 280 g/mol. The van der Waals surface area contributed by atoms with E-state index < -0.39 is 6.10 Å². The maximum Gasteiger partial charge on any atom is 0.263 e. The number of amides is 1. The molecule has 5 nitrogen and oxygen atoms in total. The molecule has 0 bridgehead atoms. The Bertz CT molecular complexity index is 572. The number of carbonyl (C=O) groups is 1. The van der Waals surface area contributed by atoms with Gasteiger partial charge < -0.3 is 14.4 Å². The van der Waals surface area contributed by atoms with E-state index in [1.54, 1.807) is 25.1 Å². The Kier molecular flexibility index (Phi) is 5.26. The van der Waals surface area contributed by atoms with E-state index in [4.69, 9.17) is 14.7 Å². The van der Waals surface area contributed by atoms with Crippen LogP contribution in [0.5, 0.6) is 11.5 Å². The van der Waals surface area contributed by atoms with Crippen LogP contribution in [0.25, 0.3) is 0 Å². The molecular formula is C17H22N2O3. The number of nitrogens with zero attached hydrogens (tertiary/aromatic N) is 2. The maximum absolute atomic E-state index is 12.4. The molecule has 22 heavy (non-hydrogen) atoms. The predicted octanol–water partition coefficient (Wildman–Crippen LogP) is 2.59. The fraction of sp³-hybridized carbons (Fsp3) is 0.529. The molecule has 0 N–H and O–H groups in total. The van der Waals surface area contributed by atoms with E-state index in [9.17, 15) is 4.79 Å². The zero-order valence-corrected chi connectivity index (χ0v) is 13.3. The molecule has 0 saturated carbocycles. The van der Waals surface area contributed by atoms with Crippen molar-refractivity contribution in [2.24, 2.45) is 5.92 Å². The van der Waals surface area contributed by atoms with Crippen molar-refractivity contribution in [1.29, 1.82) is 5.26 Å². The average molecular weight is 302 g/mol. The van der Waals surface area contributed by atoms with Gasteiger partial charge in [-0.25, -0.2) is 0 Å². The quantitative estimate of drug-likeness (QED) is 0.857. The van der Waals surface area contributed by atoms with Crippen LogP contribution in [-0.2, 0) is 4.79 Å². The lowest BCUT2D eigenvalue weighted by Gasteiger charge is -2.32. The largest absolute Gasteiger partial charge is 0.493 e. The van der Waals surface area contributed by atoms with Crippen molar-refractivity contribution in [2.45, 2.75) is 32.8 Å². The van der Waals surface area contributed by atoms with Crippen molar-refractivity contribution in [1.82, 2.24) is 4.90 Å². The van der Waals surface area contributed by atoms with E-state index >= 15 is 0 Å². The van der Waals surface area contributed by atoms with Gasteiger partial charge in [-0.1, -0.05) is 6.92 Å². The summed E-state index contributed by atoms with van der Waals surface area (Å²) < 4.78 is 11.0. The molecule has 1 unspecified atom stereocenters. The Labute approximate surface area is 131 Å². The summed E-state index contributed by atoms with van der Waals surface area (Å²) in [5, 5.41) is 8.90. The molecule has 1 aromatic rings. The van der Waals surface area contributed by atoms with Crippen molar-refractivity contribution in [3.05, 3.63) is 23.8 Å². The highest BCUT2D eigenvalue weighted by Gasteiger charge is 2.26. The number of ether oxygens (including phenoxy) is 2. The first-order valence-corrected chi connectivity index (χ1v) is 7.58. The molecule has 1 aromatic carbocycles. The third-order valence-corrected chi connectivity index (χ3v) is 4.04. The number of nitriles is 1. The van der Waals surface area contributed by atoms with E-state index in [0.717, 1.165) is 25.9 Å². The summed E-state index contributed by atoms with van der Waals surface area (Å²) in [7, 11) is 1.52. The number of hydrogen-bond donors (Lipinski definition) is 0. The third kappa shape index (κ3) is 3.70. The third-order valence-electron chi connectivity index (χ3n) is 4.04. The van der Waals surface area contributed by atoms with Crippen molar-refractivity contribution < 1.29 is 14.3 Å². The monoisotopic (exact) mass is 302 g/mol. The van der Waals surface area contributed by atoms with Gasteiger partial charge in [-0.15, -0.1) is 0 Å². The first-order chi connectivity index (χ1) is 10.5. The van der Waals surface area contributed by atoms with Crippen LogP contribution in [0.2, 0.25) is 0 Å². The molecule has 1 aliphatic heterocycles. The van der Waals surface area contributed by atoms with Crippen LogP contribution in [0, 0.1) is 17.2 Å². The zero-order valence-electron chi connectivity index (χ0n) is 13.3. The minimum Gasteiger partial charge on any atom is -0.493 e. The molecule has 0 spiro atoms. The Morgan fingerprint density at radius 1 is 1.36 bits per heavy atom. The topological polar surface area (TPSA) is 62.6 Å². The van der Waals surface area contributed by atoms with Crippen molar-refractivity contribution in [2.75, 3.05) is 20.2 Å². The highest BCUT2D eigenvalue weighted by atomic mass is 16.5. The first kappa shape index (κ1) is 16.2. The fourth-order valence-electron chi connectivity index (χ4n) is 2.56. The van der Waals surface area contributed by atoms with Crippen LogP contribution < -0.4 is 9.47 Å². The normalized spacial score (nSPS) is 16.7. The fourth-order valence-corrected chi connectivity index (χ4v) is 2.56. The lowest BCUT2D eigenvalue weighted by molar-refractivity contribution is -0.139. The van der Waals surface area contributed by atoms with E-state index in [1.165, 1.54) is 7.11 Å². The summed E-state index contributed by atoms with van der Waals surface area (Å²) in [6, 6.07) is 6.97. The van der Waals surface area contributed by atoms with Crippen LogP contribution in [0.1, 0.15) is 32.3 Å². The SMILES string of the molecule is COc1cc(C#N)ccc1OC(C)C(=O)N1CCC(C)CC1. The minimum absolute atomic E-state index is 0.00156. The van der Waals surface area contributed by atoms with Crippen molar-refractivity contribution in [3.8, 4) is 17.6 Å². The summed E-state index contributed by atoms with van der Waals surface area (Å²) in [5.74, 6) is 1.62. The molecule has 1 atom stereocenters. The van der Waals surface area contributed by atoms with Gasteiger partial charge in [0.2, 0.25) is 0 Å². The lowest BCUT2D eigenvalue weighted by Crippen LogP contribution is -2.44. The summed E-state index contributed by atoms with van der Waals surface area (Å²) in [6.07, 6.45) is 1.51. The molecule has 0 aromatic heterocycles. The van der Waals surface area contributed by atoms with Crippen LogP contribution in [-0.4, -0.2) is 37.1 Å². The molecule has 0 radical (unpaired) electrons. The highest BCUT2D eigenvalue weighted by molar-refractivity contribution is 5.81. The van der Waals surface area contributed by atoms with Crippen LogP contribution in [0.4, 0.5) is 0 Å². The van der Waals surface area contributed by atoms with Crippen LogP contribution >= 0.6 is 0 Å². The smallest absolute Gasteiger partial charge is 0.263 e. The molecule has 1 saturated heterocycles. The number of likely N-dealkylation sites (tertiary alicyclic amines) is 1. The summed E-state index contributed by atoms with van der Waals surface area (Å²) in [6.45, 7) is 5.54. The Hall–Kier alpha value is -2.22. The number of benzene rings is 1. The number of carbonyl (C=O) groups excluding carboxylic acids is 1. The van der Waals surface area contributed by atoms with E-state index in [0.29, 0.717) is 23.0 Å². The first-order valence-electron chi connectivity index (χ1n) is 7.58. The van der Waals surface area contributed by atoms with Crippen molar-refractivity contribution >= 4 is 5.91 Å². The Morgan fingerprint density at radius 2 is 2.05 bits per heavy atom. The van der Waals surface area contributed by atoms with E-state index in [2.05, 4.69) is 13.0 Å². The zero-order chi connectivity index (χ0) is 16.1. The molecule has 118 valence electrons. The van der Waals surface area contributed by atoms with Crippen molar-refractivity contribution in [3.63, 3.8) is 0 Å². The lowest BCUT2D eigenvalue weighted by atomic mass is 9.99. The number of piperidine rings is 1. The van der Waals surface area contributed by atoms with Gasteiger partial charge in [0.05, 0.1) is 18.7 Å². The number of methoxy groups -OCH3 is 1. The Balaban J connectivity index is 2.03. The van der Waals surface area contributed by atoms with Gasteiger partial charge in [-0.2, -0.15) is 5.26 Å². The van der Waals surface area contributed by atoms with Crippen LogP contribution in [0.3, 0.4) is 0 Å². The summed E-state index contributed by atoms with van der Waals surface area (Å²) in [4.78, 5) is 14.3. The molecule has 5 heteroatoms. The Morgan fingerprint density at radius 3 is 2.64 bits per heavy atom. The second-order valence-electron chi connectivity index (χ2n) is 5.75. The standard InChI is InChI=1S/C17H22N2O3/c1-12-6-8-19(9-7-12)17(20)13(2)22-15-5-4-14(11-18)10-16(15)21-3/h4-5,10,12-13H,6-9H2,1-3H3. The van der Waals surface area contributed by atoms with Gasteiger partial charge in [-0.3, -0.25) is 4.79 Å². The summed E-state index contributed by atoms with van der Waals surface area (Å²) >= 11 is 0. The van der Waals surface area contributed by atoms with Gasteiger partial charge in [0, 0.05) is 19.2 Å². The predicted molar refractivity (Wildman–Crippen MR) is 82.8 cm³/mol. The minimum atomic E-state index is -0.574. The van der Waals surface area contributed by atoms with Gasteiger partial charge in [-0.05, 0) is 37.8 Å². The second-order valence-corrected chi connectivity index (χ2v) is 5.75. The molecule has 2 rings (SSSR count). The molecule has 1 aliphatic rings. The second kappa shape index (κ2) is 7.17. The van der Waals surface area contributed by atoms with E-state index in [1.807, 2.05) is 4.90 Å². The molecule has 1 amide bonds. The van der Waals surface area contributed by atoms with Gasteiger partial charge in [0.1, 0.15) is 0 Å². The van der Waals surface area contributed by atoms with Gasteiger partial charge >= 0.3 is 0 Å². The number of hydrogen-bond acceptors (Lipinski definition) is 4. The molecule has 1 heterocycles. The van der Waals surface area contributed by atoms with E-state index in [-0.39, 0.29) is 5.91 Å². The molecule has 1 fully saturated rings. The highest BCUT2D eigenvalue weighted by Crippen LogP contribution is 2.29. The summed E-state index contributed by atoms with van der Waals surface area (Å²) in [5.41, 5.74) is 0.494. The molecule has 0 aliphatic carbocycles. The average Bonchev–Trinajstić information content (AvgIpc) is 2.55. The van der Waals surface area contributed by atoms with Gasteiger partial charge in [0.25, 0.3) is 5.91 Å². The maximum atomic E-state index is 12.4. The van der Waals surface area contributed by atoms with Crippen LogP contribution in [0.15, 0.2) is 18.2 Å². The number of rotatable bonds is 4.